The molecule has 0 aromatic heterocycles. The van der Waals surface area contributed by atoms with Gasteiger partial charge in [-0.3, -0.25) is 4.79 Å². The van der Waals surface area contributed by atoms with Crippen LogP contribution in [0.25, 0.3) is 0 Å². The van der Waals surface area contributed by atoms with E-state index in [1.54, 1.807) is 0 Å². The van der Waals surface area contributed by atoms with Crippen LogP contribution in [-0.2, 0) is 4.79 Å². The molecule has 2 saturated heterocycles. The number of amides is 1. The van der Waals surface area contributed by atoms with Gasteiger partial charge < -0.3 is 15.3 Å². The van der Waals surface area contributed by atoms with Crippen molar-refractivity contribution in [3.63, 3.8) is 0 Å². The van der Waals surface area contributed by atoms with E-state index in [2.05, 4.69) is 5.32 Å². The molecule has 0 radical (unpaired) electrons. The normalized spacial score (nSPS) is 34.8. The smallest absolute Gasteiger partial charge is 0.239 e. The molecule has 104 valence electrons. The maximum Gasteiger partial charge on any atom is 0.239 e. The fraction of sp³-hybridized carbons (Fsp3) is 0.929. The quantitative estimate of drug-likeness (QED) is 0.741. The first kappa shape index (κ1) is 13.8. The Balaban J connectivity index is 1.92. The van der Waals surface area contributed by atoms with Crippen LogP contribution in [0.5, 0.6) is 0 Å². The predicted octanol–water partition coefficient (Wildman–Crippen LogP) is 1.28. The molecule has 2 rings (SSSR count). The second kappa shape index (κ2) is 6.02. The third-order valence-corrected chi connectivity index (χ3v) is 4.09. The van der Waals surface area contributed by atoms with E-state index in [-0.39, 0.29) is 11.9 Å². The summed E-state index contributed by atoms with van der Waals surface area (Å²) in [4.78, 5) is 14.3. The number of rotatable bonds is 1. The van der Waals surface area contributed by atoms with E-state index in [9.17, 15) is 9.90 Å². The molecule has 2 atom stereocenters. The van der Waals surface area contributed by atoms with Crippen molar-refractivity contribution >= 4 is 5.91 Å². The Morgan fingerprint density at radius 1 is 1.28 bits per heavy atom. The van der Waals surface area contributed by atoms with Gasteiger partial charge in [0, 0.05) is 13.1 Å². The number of carbonyl (C=O) groups is 1. The van der Waals surface area contributed by atoms with Gasteiger partial charge in [0.05, 0.1) is 11.6 Å². The van der Waals surface area contributed by atoms with Crippen LogP contribution < -0.4 is 5.32 Å². The van der Waals surface area contributed by atoms with Gasteiger partial charge in [0.2, 0.25) is 5.91 Å². The summed E-state index contributed by atoms with van der Waals surface area (Å²) in [6, 6.07) is -0.0285. The molecule has 2 fully saturated rings. The molecular weight excluding hydrogens is 228 g/mol. The second-order valence-corrected chi connectivity index (χ2v) is 6.07. The van der Waals surface area contributed by atoms with E-state index in [4.69, 9.17) is 0 Å². The van der Waals surface area contributed by atoms with Crippen molar-refractivity contribution in [3.05, 3.63) is 0 Å². The molecule has 4 heteroatoms. The van der Waals surface area contributed by atoms with Crippen molar-refractivity contribution < 1.29 is 9.90 Å². The molecule has 2 unspecified atom stereocenters. The highest BCUT2D eigenvalue weighted by Crippen LogP contribution is 2.22. The Kier molecular flexibility index (Phi) is 4.62. The van der Waals surface area contributed by atoms with E-state index < -0.39 is 5.60 Å². The lowest BCUT2D eigenvalue weighted by atomic mass is 9.94. The molecule has 0 aliphatic carbocycles. The van der Waals surface area contributed by atoms with Crippen molar-refractivity contribution in [1.82, 2.24) is 10.2 Å². The number of aliphatic hydroxyl groups is 1. The summed E-state index contributed by atoms with van der Waals surface area (Å²) in [6.07, 6.45) is 7.46. The van der Waals surface area contributed by atoms with Crippen molar-refractivity contribution in [2.24, 2.45) is 0 Å². The number of carbonyl (C=O) groups excluding carboxylic acids is 1. The van der Waals surface area contributed by atoms with E-state index in [0.29, 0.717) is 6.54 Å². The lowest BCUT2D eigenvalue weighted by molar-refractivity contribution is -0.140. The molecule has 18 heavy (non-hydrogen) atoms. The Labute approximate surface area is 110 Å². The molecule has 1 amide bonds. The summed E-state index contributed by atoms with van der Waals surface area (Å²) in [5, 5.41) is 13.5. The highest BCUT2D eigenvalue weighted by molar-refractivity contribution is 5.82. The monoisotopic (exact) mass is 254 g/mol. The van der Waals surface area contributed by atoms with Crippen molar-refractivity contribution in [3.8, 4) is 0 Å². The Morgan fingerprint density at radius 2 is 2.06 bits per heavy atom. The first-order valence-electron chi connectivity index (χ1n) is 7.33. The van der Waals surface area contributed by atoms with Gasteiger partial charge in [0.25, 0.3) is 0 Å². The van der Waals surface area contributed by atoms with Gasteiger partial charge in [0.15, 0.2) is 0 Å². The third-order valence-electron chi connectivity index (χ3n) is 4.09. The zero-order chi connectivity index (χ0) is 13.0. The van der Waals surface area contributed by atoms with Gasteiger partial charge in [-0.05, 0) is 39.2 Å². The van der Waals surface area contributed by atoms with Crippen LogP contribution in [0.3, 0.4) is 0 Å². The average molecular weight is 254 g/mol. The minimum atomic E-state index is -0.699. The topological polar surface area (TPSA) is 52.6 Å². The summed E-state index contributed by atoms with van der Waals surface area (Å²) >= 11 is 0. The fourth-order valence-electron chi connectivity index (χ4n) is 3.04. The molecular formula is C14H26N2O2. The summed E-state index contributed by atoms with van der Waals surface area (Å²) in [6.45, 7) is 4.07. The first-order chi connectivity index (χ1) is 8.58. The highest BCUT2D eigenvalue weighted by atomic mass is 16.3. The van der Waals surface area contributed by atoms with Gasteiger partial charge in [-0.15, -0.1) is 0 Å². The van der Waals surface area contributed by atoms with E-state index in [1.807, 2.05) is 11.8 Å². The second-order valence-electron chi connectivity index (χ2n) is 6.07. The molecule has 2 aliphatic rings. The maximum atomic E-state index is 12.5. The number of piperidine rings is 1. The number of nitrogens with one attached hydrogen (secondary N) is 1. The molecule has 0 spiro atoms. The minimum Gasteiger partial charge on any atom is -0.388 e. The number of hydrogen-bond donors (Lipinski definition) is 2. The number of likely N-dealkylation sites (tertiary alicyclic amines) is 1. The molecule has 2 heterocycles. The van der Waals surface area contributed by atoms with E-state index >= 15 is 0 Å². The molecule has 0 aromatic rings. The van der Waals surface area contributed by atoms with Crippen molar-refractivity contribution in [2.45, 2.75) is 63.5 Å². The van der Waals surface area contributed by atoms with Crippen LogP contribution in [0.4, 0.5) is 0 Å². The number of β-amino-alcohol motifs (C(OH)–C–C–N with tert-alkyl or cyclic N) is 1. The first-order valence-corrected chi connectivity index (χ1v) is 7.33. The standard InChI is InChI=1S/C14H26N2O2/c1-14(18)8-6-10-16(11-14)13(17)12-7-4-2-3-5-9-15-12/h12,15,18H,2-11H2,1H3. The predicted molar refractivity (Wildman–Crippen MR) is 71.3 cm³/mol. The van der Waals surface area contributed by atoms with Gasteiger partial charge in [-0.25, -0.2) is 0 Å². The molecule has 0 saturated carbocycles. The Bertz CT molecular complexity index is 284. The molecule has 2 N–H and O–H groups in total. The van der Waals surface area contributed by atoms with Gasteiger partial charge in [0.1, 0.15) is 0 Å². The van der Waals surface area contributed by atoms with Crippen LogP contribution in [0, 0.1) is 0 Å². The largest absolute Gasteiger partial charge is 0.388 e. The fourth-order valence-corrected chi connectivity index (χ4v) is 3.04. The lowest BCUT2D eigenvalue weighted by Gasteiger charge is -2.38. The highest BCUT2D eigenvalue weighted by Gasteiger charge is 2.33. The molecule has 0 aromatic carbocycles. The van der Waals surface area contributed by atoms with Crippen LogP contribution in [-0.4, -0.2) is 47.2 Å². The van der Waals surface area contributed by atoms with Crippen LogP contribution in [0.1, 0.15) is 51.9 Å². The third kappa shape index (κ3) is 3.69. The molecule has 0 bridgehead atoms. The summed E-state index contributed by atoms with van der Waals surface area (Å²) < 4.78 is 0. The zero-order valence-electron chi connectivity index (χ0n) is 11.5. The van der Waals surface area contributed by atoms with E-state index in [1.165, 1.54) is 19.3 Å². The number of hydrogen-bond acceptors (Lipinski definition) is 3. The Morgan fingerprint density at radius 3 is 2.83 bits per heavy atom. The van der Waals surface area contributed by atoms with Crippen LogP contribution in [0.2, 0.25) is 0 Å². The summed E-state index contributed by atoms with van der Waals surface area (Å²) in [7, 11) is 0. The number of nitrogens with zero attached hydrogens (tertiary/aromatic N) is 1. The lowest BCUT2D eigenvalue weighted by Crippen LogP contribution is -2.54. The van der Waals surface area contributed by atoms with Crippen LogP contribution in [0.15, 0.2) is 0 Å². The summed E-state index contributed by atoms with van der Waals surface area (Å²) in [5.41, 5.74) is -0.699. The van der Waals surface area contributed by atoms with E-state index in [0.717, 1.165) is 38.8 Å². The van der Waals surface area contributed by atoms with Crippen molar-refractivity contribution in [1.29, 1.82) is 0 Å². The summed E-state index contributed by atoms with van der Waals surface area (Å²) in [5.74, 6) is 0.192. The average Bonchev–Trinajstić information content (AvgIpc) is 2.26. The molecule has 4 nitrogen and oxygen atoms in total. The zero-order valence-corrected chi connectivity index (χ0v) is 11.5. The SMILES string of the molecule is CC1(O)CCCN(C(=O)C2CCCCCCN2)C1. The minimum absolute atomic E-state index is 0.0285. The van der Waals surface area contributed by atoms with Crippen LogP contribution >= 0.6 is 0 Å². The van der Waals surface area contributed by atoms with Crippen molar-refractivity contribution in [2.75, 3.05) is 19.6 Å². The Hall–Kier alpha value is -0.610. The van der Waals surface area contributed by atoms with Gasteiger partial charge >= 0.3 is 0 Å². The van der Waals surface area contributed by atoms with Gasteiger partial charge in [-0.2, -0.15) is 0 Å². The maximum absolute atomic E-state index is 12.5. The van der Waals surface area contributed by atoms with Gasteiger partial charge in [-0.1, -0.05) is 19.3 Å². The molecule has 2 aliphatic heterocycles.